The van der Waals surface area contributed by atoms with Crippen LogP contribution in [-0.4, -0.2) is 16.1 Å². The summed E-state index contributed by atoms with van der Waals surface area (Å²) in [4.78, 5) is 12.5. The van der Waals surface area contributed by atoms with Crippen LogP contribution >= 0.6 is 46.3 Å². The fourth-order valence-corrected chi connectivity index (χ4v) is 4.89. The molecule has 1 aliphatic rings. The Morgan fingerprint density at radius 3 is 2.81 bits per heavy atom. The number of hydrogen-bond acceptors (Lipinski definition) is 5. The largest absolute Gasteiger partial charge is 0.300 e. The van der Waals surface area contributed by atoms with E-state index in [0.29, 0.717) is 20.8 Å². The number of thioether (sulfide) groups is 1. The maximum absolute atomic E-state index is 13.6. The lowest BCUT2D eigenvalue weighted by molar-refractivity contribution is -0.118. The molecule has 1 amide bonds. The highest BCUT2D eigenvalue weighted by Crippen LogP contribution is 2.60. The molecule has 0 saturated heterocycles. The van der Waals surface area contributed by atoms with Gasteiger partial charge in [0.15, 0.2) is 4.34 Å². The van der Waals surface area contributed by atoms with Crippen LogP contribution in [0.3, 0.4) is 0 Å². The Kier molecular flexibility index (Phi) is 5.91. The number of anilines is 1. The van der Waals surface area contributed by atoms with Crippen LogP contribution in [0.25, 0.3) is 0 Å². The molecule has 1 aliphatic carbocycles. The number of nitrogens with one attached hydrogen (secondary N) is 1. The molecule has 4 nitrogen and oxygen atoms in total. The predicted octanol–water partition coefficient (Wildman–Crippen LogP) is 5.50. The average molecular weight is 432 g/mol. The van der Waals surface area contributed by atoms with Gasteiger partial charge in [0.2, 0.25) is 11.0 Å². The van der Waals surface area contributed by atoms with Crippen LogP contribution in [0.5, 0.6) is 0 Å². The molecule has 0 spiro atoms. The number of benzene rings is 1. The Bertz CT molecular complexity index is 852. The van der Waals surface area contributed by atoms with Crippen LogP contribution in [0.2, 0.25) is 0 Å². The van der Waals surface area contributed by atoms with Gasteiger partial charge in [-0.05, 0) is 29.0 Å². The molecule has 1 saturated carbocycles. The van der Waals surface area contributed by atoms with Gasteiger partial charge in [-0.2, -0.15) is 0 Å². The Labute approximate surface area is 169 Å². The summed E-state index contributed by atoms with van der Waals surface area (Å²) in [7, 11) is 0. The molecule has 1 aromatic heterocycles. The molecule has 3 rings (SSSR count). The van der Waals surface area contributed by atoms with Crippen molar-refractivity contribution >= 4 is 57.3 Å². The van der Waals surface area contributed by atoms with Gasteiger partial charge in [0.05, 0.1) is 5.92 Å². The van der Waals surface area contributed by atoms with Gasteiger partial charge in [-0.25, -0.2) is 4.39 Å². The molecule has 0 aliphatic heterocycles. The van der Waals surface area contributed by atoms with Gasteiger partial charge in [0, 0.05) is 5.75 Å². The molecule has 26 heavy (non-hydrogen) atoms. The number of carbonyl (C=O) groups is 1. The Morgan fingerprint density at radius 1 is 1.38 bits per heavy atom. The summed E-state index contributed by atoms with van der Waals surface area (Å²) >= 11 is 14.1. The summed E-state index contributed by atoms with van der Waals surface area (Å²) in [5, 5.41) is 11.2. The van der Waals surface area contributed by atoms with Crippen molar-refractivity contribution in [2.24, 2.45) is 17.3 Å². The highest BCUT2D eigenvalue weighted by atomic mass is 35.5. The Balaban J connectivity index is 1.58. The van der Waals surface area contributed by atoms with Crippen molar-refractivity contribution < 1.29 is 9.18 Å². The molecule has 1 heterocycles. The van der Waals surface area contributed by atoms with Crippen LogP contribution in [0.15, 0.2) is 39.2 Å². The lowest BCUT2D eigenvalue weighted by atomic mass is 10.1. The number of amides is 1. The van der Waals surface area contributed by atoms with Gasteiger partial charge in [-0.1, -0.05) is 78.3 Å². The smallest absolute Gasteiger partial charge is 0.230 e. The minimum atomic E-state index is -0.244. The van der Waals surface area contributed by atoms with Crippen LogP contribution < -0.4 is 5.32 Å². The van der Waals surface area contributed by atoms with Crippen molar-refractivity contribution in [3.8, 4) is 0 Å². The fourth-order valence-electron chi connectivity index (χ4n) is 2.88. The van der Waals surface area contributed by atoms with Gasteiger partial charge in [-0.3, -0.25) is 4.79 Å². The van der Waals surface area contributed by atoms with Crippen LogP contribution in [0.1, 0.15) is 19.4 Å². The van der Waals surface area contributed by atoms with E-state index in [-0.39, 0.29) is 33.5 Å². The van der Waals surface area contributed by atoms with E-state index in [4.69, 9.17) is 23.2 Å². The first-order valence-electron chi connectivity index (χ1n) is 7.82. The highest BCUT2D eigenvalue weighted by Gasteiger charge is 2.60. The van der Waals surface area contributed by atoms with Crippen molar-refractivity contribution in [2.75, 3.05) is 5.32 Å². The SMILES string of the molecule is CC1(C)[C@H](C(=O)Nc2nnc(SCc3ccccc3F)s2)[C@@H]1C=C(Cl)Cl. The lowest BCUT2D eigenvalue weighted by Crippen LogP contribution is -2.16. The minimum Gasteiger partial charge on any atom is -0.300 e. The van der Waals surface area contributed by atoms with E-state index < -0.39 is 0 Å². The van der Waals surface area contributed by atoms with E-state index >= 15 is 0 Å². The summed E-state index contributed by atoms with van der Waals surface area (Å²) in [6.07, 6.45) is 1.70. The minimum absolute atomic E-state index is 0.00433. The van der Waals surface area contributed by atoms with Crippen molar-refractivity contribution in [3.05, 3.63) is 46.2 Å². The molecule has 2 aromatic rings. The molecule has 9 heteroatoms. The van der Waals surface area contributed by atoms with Gasteiger partial charge in [0.25, 0.3) is 0 Å². The summed E-state index contributed by atoms with van der Waals surface area (Å²) in [5.41, 5.74) is 0.400. The second-order valence-corrected chi connectivity index (χ2v) is 9.73. The zero-order valence-electron chi connectivity index (χ0n) is 14.0. The first-order chi connectivity index (χ1) is 12.3. The molecule has 0 radical (unpaired) electrons. The van der Waals surface area contributed by atoms with Crippen molar-refractivity contribution in [1.82, 2.24) is 10.2 Å². The number of rotatable bonds is 6. The Hall–Kier alpha value is -1.15. The molecule has 0 bridgehead atoms. The molecule has 138 valence electrons. The third-order valence-electron chi connectivity index (χ3n) is 4.44. The number of allylic oxidation sites excluding steroid dienone is 1. The van der Waals surface area contributed by atoms with E-state index in [1.807, 2.05) is 13.8 Å². The standard InChI is InChI=1S/C17H16Cl2FN3OS2/c1-17(2)10(7-12(18)19)13(17)14(24)21-15-22-23-16(26-15)25-8-9-5-3-4-6-11(9)20/h3-7,10,13H,8H2,1-2H3,(H,21,22,24)/t10-,13-/m0/s1. The first-order valence-corrected chi connectivity index (χ1v) is 10.4. The zero-order valence-corrected chi connectivity index (χ0v) is 17.1. The molecule has 1 aromatic carbocycles. The maximum Gasteiger partial charge on any atom is 0.230 e. The van der Waals surface area contributed by atoms with Crippen molar-refractivity contribution in [1.29, 1.82) is 0 Å². The monoisotopic (exact) mass is 431 g/mol. The number of halogens is 3. The van der Waals surface area contributed by atoms with Gasteiger partial charge in [-0.15, -0.1) is 10.2 Å². The van der Waals surface area contributed by atoms with Gasteiger partial charge in [0.1, 0.15) is 10.3 Å². The normalized spacial score (nSPS) is 20.5. The number of nitrogens with zero attached hydrogens (tertiary/aromatic N) is 2. The third-order valence-corrected chi connectivity index (χ3v) is 6.72. The van der Waals surface area contributed by atoms with E-state index in [1.165, 1.54) is 29.2 Å². The summed E-state index contributed by atoms with van der Waals surface area (Å²) in [5.74, 6) is -0.145. The van der Waals surface area contributed by atoms with Gasteiger partial charge < -0.3 is 5.32 Å². The second-order valence-electron chi connectivity index (χ2n) is 6.52. The lowest BCUT2D eigenvalue weighted by Gasteiger charge is -2.02. The predicted molar refractivity (Wildman–Crippen MR) is 105 cm³/mol. The Morgan fingerprint density at radius 2 is 2.12 bits per heavy atom. The number of hydrogen-bond donors (Lipinski definition) is 1. The summed E-state index contributed by atoms with van der Waals surface area (Å²) < 4.78 is 14.5. The van der Waals surface area contributed by atoms with Gasteiger partial charge >= 0.3 is 0 Å². The first kappa shape index (κ1) is 19.6. The topological polar surface area (TPSA) is 54.9 Å². The van der Waals surface area contributed by atoms with E-state index in [2.05, 4.69) is 15.5 Å². The number of carbonyl (C=O) groups excluding carboxylic acids is 1. The van der Waals surface area contributed by atoms with E-state index in [9.17, 15) is 9.18 Å². The summed E-state index contributed by atoms with van der Waals surface area (Å²) in [6.45, 7) is 3.98. The molecule has 1 N–H and O–H groups in total. The quantitative estimate of drug-likeness (QED) is 0.484. The average Bonchev–Trinajstić information content (AvgIpc) is 2.90. The van der Waals surface area contributed by atoms with Crippen molar-refractivity contribution in [3.63, 3.8) is 0 Å². The molecular formula is C17H16Cl2FN3OS2. The molecule has 0 unspecified atom stereocenters. The third kappa shape index (κ3) is 4.39. The molecule has 1 fully saturated rings. The van der Waals surface area contributed by atoms with E-state index in [1.54, 1.807) is 24.3 Å². The highest BCUT2D eigenvalue weighted by molar-refractivity contribution is 8.00. The molecular weight excluding hydrogens is 416 g/mol. The summed E-state index contributed by atoms with van der Waals surface area (Å²) in [6, 6.07) is 6.61. The second kappa shape index (κ2) is 7.84. The van der Waals surface area contributed by atoms with Crippen LogP contribution in [-0.2, 0) is 10.5 Å². The van der Waals surface area contributed by atoms with Crippen LogP contribution in [0.4, 0.5) is 9.52 Å². The number of aromatic nitrogens is 2. The fraction of sp³-hybridized carbons (Fsp3) is 0.353. The molecule has 2 atom stereocenters. The van der Waals surface area contributed by atoms with Crippen molar-refractivity contribution in [2.45, 2.75) is 23.9 Å². The van der Waals surface area contributed by atoms with Crippen LogP contribution in [0, 0.1) is 23.1 Å². The van der Waals surface area contributed by atoms with E-state index in [0.717, 1.165) is 0 Å². The zero-order chi connectivity index (χ0) is 18.9. The maximum atomic E-state index is 13.6.